The van der Waals surface area contributed by atoms with Crippen LogP contribution in [0.1, 0.15) is 12.8 Å². The highest BCUT2D eigenvalue weighted by atomic mass is 79.9. The Morgan fingerprint density at radius 1 is 1.45 bits per heavy atom. The van der Waals surface area contributed by atoms with Crippen molar-refractivity contribution in [2.45, 2.75) is 12.8 Å². The molecule has 0 radical (unpaired) electrons. The molecule has 58 valence electrons. The Morgan fingerprint density at radius 3 is 3.27 bits per heavy atom. The summed E-state index contributed by atoms with van der Waals surface area (Å²) >= 11 is 3.66. The van der Waals surface area contributed by atoms with Crippen LogP contribution in [0.25, 0.3) is 0 Å². The molecule has 4 atom stereocenters. The highest BCUT2D eigenvalue weighted by Crippen LogP contribution is 2.56. The van der Waals surface area contributed by atoms with Crippen molar-refractivity contribution in [1.29, 1.82) is 0 Å². The van der Waals surface area contributed by atoms with E-state index >= 15 is 0 Å². The van der Waals surface area contributed by atoms with Gasteiger partial charge in [-0.1, -0.05) is 34.2 Å². The van der Waals surface area contributed by atoms with Crippen LogP contribution in [-0.2, 0) is 0 Å². The maximum Gasteiger partial charge on any atom is -0.00272 e. The average molecular weight is 211 g/mol. The van der Waals surface area contributed by atoms with Crippen LogP contribution < -0.4 is 0 Å². The first-order chi connectivity index (χ1) is 5.36. The molecule has 1 saturated carbocycles. The van der Waals surface area contributed by atoms with Gasteiger partial charge in [-0.15, -0.1) is 0 Å². The van der Waals surface area contributed by atoms with Gasteiger partial charge in [0.25, 0.3) is 0 Å². The summed E-state index contributed by atoms with van der Waals surface area (Å²) in [4.78, 5) is 0. The molecule has 0 N–H and O–H groups in total. The number of hydrogen-bond donors (Lipinski definition) is 0. The molecule has 0 aliphatic heterocycles. The van der Waals surface area contributed by atoms with E-state index in [1.165, 1.54) is 17.3 Å². The maximum atomic E-state index is 3.66. The van der Waals surface area contributed by atoms with Crippen molar-refractivity contribution in [1.82, 2.24) is 0 Å². The SMILES string of the molecule is BrC1=CC2CC1C1C=CCC21. The molecule has 11 heavy (non-hydrogen) atoms. The zero-order valence-corrected chi connectivity index (χ0v) is 7.92. The fourth-order valence-electron chi connectivity index (χ4n) is 3.03. The molecule has 2 bridgehead atoms. The summed E-state index contributed by atoms with van der Waals surface area (Å²) < 4.78 is 1.48. The summed E-state index contributed by atoms with van der Waals surface area (Å²) in [6.07, 6.45) is 10.00. The molecule has 1 fully saturated rings. The van der Waals surface area contributed by atoms with E-state index in [4.69, 9.17) is 0 Å². The van der Waals surface area contributed by atoms with Crippen LogP contribution in [0, 0.1) is 23.7 Å². The quantitative estimate of drug-likeness (QED) is 0.540. The third-order valence-corrected chi connectivity index (χ3v) is 4.38. The molecule has 0 aromatic rings. The van der Waals surface area contributed by atoms with Gasteiger partial charge in [-0.25, -0.2) is 0 Å². The number of rotatable bonds is 0. The molecule has 3 rings (SSSR count). The van der Waals surface area contributed by atoms with Crippen LogP contribution in [-0.4, -0.2) is 0 Å². The predicted molar refractivity (Wildman–Crippen MR) is 49.3 cm³/mol. The second kappa shape index (κ2) is 2.01. The van der Waals surface area contributed by atoms with Gasteiger partial charge >= 0.3 is 0 Å². The predicted octanol–water partition coefficient (Wildman–Crippen LogP) is 3.11. The Hall–Kier alpha value is -0.0400. The van der Waals surface area contributed by atoms with Crippen molar-refractivity contribution in [2.75, 3.05) is 0 Å². The highest BCUT2D eigenvalue weighted by molar-refractivity contribution is 9.11. The van der Waals surface area contributed by atoms with Gasteiger partial charge < -0.3 is 0 Å². The largest absolute Gasteiger partial charge is 0.0879 e. The molecule has 0 spiro atoms. The topological polar surface area (TPSA) is 0 Å². The lowest BCUT2D eigenvalue weighted by Gasteiger charge is -2.21. The molecular weight excluding hydrogens is 200 g/mol. The van der Waals surface area contributed by atoms with Crippen LogP contribution in [0.3, 0.4) is 0 Å². The van der Waals surface area contributed by atoms with E-state index in [9.17, 15) is 0 Å². The van der Waals surface area contributed by atoms with Crippen molar-refractivity contribution in [3.05, 3.63) is 22.7 Å². The van der Waals surface area contributed by atoms with Gasteiger partial charge in [0.2, 0.25) is 0 Å². The monoisotopic (exact) mass is 210 g/mol. The van der Waals surface area contributed by atoms with E-state index in [2.05, 4.69) is 34.2 Å². The first kappa shape index (κ1) is 6.47. The second-order valence-corrected chi connectivity index (χ2v) is 4.88. The van der Waals surface area contributed by atoms with E-state index < -0.39 is 0 Å². The van der Waals surface area contributed by atoms with Crippen LogP contribution in [0.2, 0.25) is 0 Å². The Bertz CT molecular complexity index is 252. The Labute approximate surface area is 75.5 Å². The summed E-state index contributed by atoms with van der Waals surface area (Å²) in [6, 6.07) is 0. The summed E-state index contributed by atoms with van der Waals surface area (Å²) in [7, 11) is 0. The van der Waals surface area contributed by atoms with E-state index in [1.807, 2.05) is 0 Å². The van der Waals surface area contributed by atoms with Gasteiger partial charge in [0.15, 0.2) is 0 Å². The summed E-state index contributed by atoms with van der Waals surface area (Å²) in [5.74, 6) is 3.61. The second-order valence-electron chi connectivity index (χ2n) is 3.96. The Kier molecular flexibility index (Phi) is 1.18. The van der Waals surface area contributed by atoms with Gasteiger partial charge in [0, 0.05) is 0 Å². The summed E-state index contributed by atoms with van der Waals surface area (Å²) in [5.41, 5.74) is 0. The van der Waals surface area contributed by atoms with E-state index in [1.54, 1.807) is 0 Å². The third kappa shape index (κ3) is 0.703. The normalized spacial score (nSPS) is 51.5. The molecule has 0 saturated heterocycles. The number of halogens is 1. The van der Waals surface area contributed by atoms with Gasteiger partial charge in [-0.05, 0) is 41.0 Å². The van der Waals surface area contributed by atoms with Crippen molar-refractivity contribution < 1.29 is 0 Å². The van der Waals surface area contributed by atoms with Gasteiger partial charge in [-0.2, -0.15) is 0 Å². The van der Waals surface area contributed by atoms with Crippen LogP contribution in [0.4, 0.5) is 0 Å². The van der Waals surface area contributed by atoms with E-state index in [0.717, 1.165) is 23.7 Å². The van der Waals surface area contributed by atoms with Gasteiger partial charge in [-0.3, -0.25) is 0 Å². The summed E-state index contributed by atoms with van der Waals surface area (Å²) in [5, 5.41) is 0. The fourth-order valence-corrected chi connectivity index (χ4v) is 3.86. The molecule has 3 aliphatic rings. The highest BCUT2D eigenvalue weighted by Gasteiger charge is 2.47. The molecule has 0 amide bonds. The standard InChI is InChI=1S/C10H11Br/c11-10-5-6-4-9(10)8-3-1-2-7(6)8/h1,3,5-9H,2,4H2. The van der Waals surface area contributed by atoms with Crippen molar-refractivity contribution in [3.63, 3.8) is 0 Å². The Balaban J connectivity index is 2.03. The zero-order chi connectivity index (χ0) is 7.42. The van der Waals surface area contributed by atoms with E-state index in [-0.39, 0.29) is 0 Å². The molecule has 0 aromatic carbocycles. The lowest BCUT2D eigenvalue weighted by atomic mass is 9.86. The van der Waals surface area contributed by atoms with Crippen LogP contribution >= 0.6 is 15.9 Å². The first-order valence-electron chi connectivity index (χ1n) is 4.40. The zero-order valence-electron chi connectivity index (χ0n) is 6.33. The van der Waals surface area contributed by atoms with Gasteiger partial charge in [0.05, 0.1) is 0 Å². The molecule has 0 heterocycles. The fraction of sp³-hybridized carbons (Fsp3) is 0.600. The minimum atomic E-state index is 0.851. The van der Waals surface area contributed by atoms with Crippen molar-refractivity contribution >= 4 is 15.9 Å². The van der Waals surface area contributed by atoms with Crippen LogP contribution in [0.15, 0.2) is 22.7 Å². The molecule has 1 heteroatoms. The Morgan fingerprint density at radius 2 is 2.36 bits per heavy atom. The van der Waals surface area contributed by atoms with Gasteiger partial charge in [0.1, 0.15) is 0 Å². The minimum absolute atomic E-state index is 0.851. The molecular formula is C10H11Br. The molecule has 4 unspecified atom stereocenters. The van der Waals surface area contributed by atoms with Crippen molar-refractivity contribution in [2.24, 2.45) is 23.7 Å². The van der Waals surface area contributed by atoms with Crippen LogP contribution in [0.5, 0.6) is 0 Å². The number of fused-ring (bicyclic) bond motifs is 5. The maximum absolute atomic E-state index is 3.66. The minimum Gasteiger partial charge on any atom is -0.0879 e. The molecule has 3 aliphatic carbocycles. The van der Waals surface area contributed by atoms with Crippen molar-refractivity contribution in [3.8, 4) is 0 Å². The lowest BCUT2D eigenvalue weighted by molar-refractivity contribution is 0.396. The molecule has 0 aromatic heterocycles. The smallest absolute Gasteiger partial charge is 0.00272 e. The third-order valence-electron chi connectivity index (χ3n) is 3.53. The number of hydrogen-bond acceptors (Lipinski definition) is 0. The summed E-state index contributed by atoms with van der Waals surface area (Å²) in [6.45, 7) is 0. The number of allylic oxidation sites excluding steroid dienone is 4. The average Bonchev–Trinajstić information content (AvgIpc) is 2.52. The first-order valence-corrected chi connectivity index (χ1v) is 5.19. The lowest BCUT2D eigenvalue weighted by Crippen LogP contribution is -2.14. The van der Waals surface area contributed by atoms with E-state index in [0.29, 0.717) is 0 Å². The molecule has 0 nitrogen and oxygen atoms in total.